The second kappa shape index (κ2) is 9.67. The van der Waals surface area contributed by atoms with Crippen LogP contribution in [0.2, 0.25) is 0 Å². The van der Waals surface area contributed by atoms with E-state index in [-0.39, 0.29) is 34.3 Å². The Hall–Kier alpha value is -4.31. The summed E-state index contributed by atoms with van der Waals surface area (Å²) in [6.07, 6.45) is 1.53. The fourth-order valence-electron chi connectivity index (χ4n) is 3.02. The van der Waals surface area contributed by atoms with Crippen molar-refractivity contribution in [2.45, 2.75) is 0 Å². The molecule has 3 aromatic carbocycles. The number of hydrogen-bond donors (Lipinski definition) is 0. The van der Waals surface area contributed by atoms with Gasteiger partial charge in [0.15, 0.2) is 17.2 Å². The molecule has 0 unspecified atom stereocenters. The van der Waals surface area contributed by atoms with E-state index in [9.17, 15) is 19.7 Å². The summed E-state index contributed by atoms with van der Waals surface area (Å²) in [5, 5.41) is 10.8. The molecule has 9 nitrogen and oxygen atoms in total. The highest BCUT2D eigenvalue weighted by Gasteiger charge is 2.24. The SMILES string of the molecule is COc1cc(/C=C2\N=C(c3ccc(Br)cc3)OC2=O)ccc1OC(=O)c1ccc([N+](=O)[O-])cc1. The number of nitrogens with zero attached hydrogens (tertiary/aromatic N) is 2. The Morgan fingerprint density at radius 3 is 2.41 bits per heavy atom. The zero-order valence-electron chi connectivity index (χ0n) is 17.6. The molecule has 1 heterocycles. The van der Waals surface area contributed by atoms with Crippen molar-refractivity contribution >= 4 is 45.5 Å². The summed E-state index contributed by atoms with van der Waals surface area (Å²) in [6, 6.07) is 16.9. The fourth-order valence-corrected chi connectivity index (χ4v) is 3.28. The summed E-state index contributed by atoms with van der Waals surface area (Å²) in [4.78, 5) is 39.2. The van der Waals surface area contributed by atoms with Crippen LogP contribution in [-0.4, -0.2) is 29.9 Å². The van der Waals surface area contributed by atoms with Gasteiger partial charge in [-0.15, -0.1) is 0 Å². The number of nitro benzene ring substituents is 1. The number of benzene rings is 3. The van der Waals surface area contributed by atoms with E-state index in [1.54, 1.807) is 24.3 Å². The first-order valence-electron chi connectivity index (χ1n) is 9.77. The van der Waals surface area contributed by atoms with Gasteiger partial charge in [0.25, 0.3) is 5.69 Å². The minimum atomic E-state index is -0.706. The van der Waals surface area contributed by atoms with Crippen LogP contribution in [0.5, 0.6) is 11.5 Å². The van der Waals surface area contributed by atoms with Gasteiger partial charge in [0.1, 0.15) is 0 Å². The quantitative estimate of drug-likeness (QED) is 0.148. The predicted octanol–water partition coefficient (Wildman–Crippen LogP) is 4.93. The van der Waals surface area contributed by atoms with Crippen molar-refractivity contribution in [2.75, 3.05) is 7.11 Å². The van der Waals surface area contributed by atoms with E-state index in [1.165, 1.54) is 43.5 Å². The molecule has 0 N–H and O–H groups in total. The molecule has 0 spiro atoms. The molecule has 0 saturated heterocycles. The van der Waals surface area contributed by atoms with Gasteiger partial charge < -0.3 is 14.2 Å². The molecular weight excluding hydrogens is 508 g/mol. The molecule has 4 rings (SSSR count). The van der Waals surface area contributed by atoms with Crippen LogP contribution in [0.25, 0.3) is 6.08 Å². The molecule has 1 aliphatic heterocycles. The molecule has 1 aliphatic rings. The van der Waals surface area contributed by atoms with Gasteiger partial charge in [0, 0.05) is 22.2 Å². The predicted molar refractivity (Wildman–Crippen MR) is 126 cm³/mol. The number of esters is 2. The summed E-state index contributed by atoms with van der Waals surface area (Å²) < 4.78 is 16.8. The summed E-state index contributed by atoms with van der Waals surface area (Å²) in [5.41, 5.74) is 1.34. The number of halogens is 1. The second-order valence-corrected chi connectivity index (χ2v) is 7.86. The number of carbonyl (C=O) groups is 2. The lowest BCUT2D eigenvalue weighted by Crippen LogP contribution is -2.09. The number of methoxy groups -OCH3 is 1. The van der Waals surface area contributed by atoms with Crippen molar-refractivity contribution in [3.8, 4) is 11.5 Å². The lowest BCUT2D eigenvalue weighted by atomic mass is 10.1. The molecule has 0 aliphatic carbocycles. The van der Waals surface area contributed by atoms with Gasteiger partial charge >= 0.3 is 11.9 Å². The smallest absolute Gasteiger partial charge is 0.363 e. The lowest BCUT2D eigenvalue weighted by molar-refractivity contribution is -0.384. The van der Waals surface area contributed by atoms with E-state index in [0.29, 0.717) is 11.1 Å². The number of rotatable bonds is 6. The minimum absolute atomic E-state index is 0.107. The van der Waals surface area contributed by atoms with Crippen LogP contribution in [0, 0.1) is 10.1 Å². The molecule has 0 fully saturated rings. The Morgan fingerprint density at radius 2 is 1.76 bits per heavy atom. The highest BCUT2D eigenvalue weighted by atomic mass is 79.9. The van der Waals surface area contributed by atoms with E-state index >= 15 is 0 Å². The van der Waals surface area contributed by atoms with Crippen molar-refractivity contribution in [3.05, 3.63) is 104 Å². The van der Waals surface area contributed by atoms with Crippen molar-refractivity contribution in [2.24, 2.45) is 4.99 Å². The normalized spacial score (nSPS) is 13.9. The Bertz CT molecular complexity index is 1350. The Labute approximate surface area is 201 Å². The standard InChI is InChI=1S/C24H15BrN2O7/c1-32-21-13-14(12-19-24(29)34-22(26-19)15-3-7-17(25)8-4-15)2-11-20(21)33-23(28)16-5-9-18(10-6-16)27(30)31/h2-13H,1H3/b19-12-. The Morgan fingerprint density at radius 1 is 1.06 bits per heavy atom. The maximum Gasteiger partial charge on any atom is 0.363 e. The zero-order chi connectivity index (χ0) is 24.2. The first-order valence-corrected chi connectivity index (χ1v) is 10.6. The summed E-state index contributed by atoms with van der Waals surface area (Å²) in [7, 11) is 1.41. The number of carbonyl (C=O) groups excluding carboxylic acids is 2. The van der Waals surface area contributed by atoms with E-state index in [0.717, 1.165) is 4.47 Å². The topological polar surface area (TPSA) is 117 Å². The first kappa shape index (κ1) is 22.9. The third-order valence-corrected chi connectivity index (χ3v) is 5.25. The van der Waals surface area contributed by atoms with Gasteiger partial charge in [-0.25, -0.2) is 14.6 Å². The van der Waals surface area contributed by atoms with E-state index in [2.05, 4.69) is 20.9 Å². The molecule has 0 bridgehead atoms. The van der Waals surface area contributed by atoms with Crippen molar-refractivity contribution in [1.29, 1.82) is 0 Å². The number of nitro groups is 1. The van der Waals surface area contributed by atoms with Crippen LogP contribution < -0.4 is 9.47 Å². The largest absolute Gasteiger partial charge is 0.493 e. The zero-order valence-corrected chi connectivity index (χ0v) is 19.1. The molecule has 0 saturated carbocycles. The van der Waals surface area contributed by atoms with Crippen LogP contribution in [0.3, 0.4) is 0 Å². The van der Waals surface area contributed by atoms with Crippen LogP contribution in [0.15, 0.2) is 81.9 Å². The lowest BCUT2D eigenvalue weighted by Gasteiger charge is -2.10. The third kappa shape index (κ3) is 5.02. The second-order valence-electron chi connectivity index (χ2n) is 6.95. The summed E-state index contributed by atoms with van der Waals surface area (Å²) >= 11 is 3.35. The molecule has 3 aromatic rings. The van der Waals surface area contributed by atoms with Crippen molar-refractivity contribution in [1.82, 2.24) is 0 Å². The number of non-ortho nitro benzene ring substituents is 1. The Kier molecular flexibility index (Phi) is 6.51. The van der Waals surface area contributed by atoms with Crippen LogP contribution in [0.4, 0.5) is 5.69 Å². The Balaban J connectivity index is 1.54. The number of aliphatic imine (C=N–C) groups is 1. The number of ether oxygens (including phenoxy) is 3. The maximum atomic E-state index is 12.4. The molecule has 34 heavy (non-hydrogen) atoms. The van der Waals surface area contributed by atoms with E-state index < -0.39 is 16.9 Å². The van der Waals surface area contributed by atoms with Gasteiger partial charge in [0.05, 0.1) is 17.6 Å². The van der Waals surface area contributed by atoms with Gasteiger partial charge in [-0.2, -0.15) is 0 Å². The van der Waals surface area contributed by atoms with E-state index in [4.69, 9.17) is 14.2 Å². The van der Waals surface area contributed by atoms with Crippen LogP contribution >= 0.6 is 15.9 Å². The molecule has 10 heteroatoms. The van der Waals surface area contributed by atoms with Gasteiger partial charge in [-0.05, 0) is 60.2 Å². The van der Waals surface area contributed by atoms with Crippen LogP contribution in [0.1, 0.15) is 21.5 Å². The number of hydrogen-bond acceptors (Lipinski definition) is 8. The minimum Gasteiger partial charge on any atom is -0.493 e. The highest BCUT2D eigenvalue weighted by molar-refractivity contribution is 9.10. The molecule has 0 atom stereocenters. The van der Waals surface area contributed by atoms with E-state index in [1.807, 2.05) is 12.1 Å². The van der Waals surface area contributed by atoms with Crippen molar-refractivity contribution in [3.63, 3.8) is 0 Å². The maximum absolute atomic E-state index is 12.4. The van der Waals surface area contributed by atoms with Gasteiger partial charge in [0.2, 0.25) is 5.90 Å². The molecule has 170 valence electrons. The highest BCUT2D eigenvalue weighted by Crippen LogP contribution is 2.30. The molecule has 0 radical (unpaired) electrons. The summed E-state index contributed by atoms with van der Waals surface area (Å²) in [6.45, 7) is 0. The van der Waals surface area contributed by atoms with Crippen LogP contribution in [-0.2, 0) is 9.53 Å². The van der Waals surface area contributed by atoms with Gasteiger partial charge in [-0.1, -0.05) is 22.0 Å². The summed E-state index contributed by atoms with van der Waals surface area (Å²) in [5.74, 6) is -0.716. The third-order valence-electron chi connectivity index (χ3n) is 4.72. The number of cyclic esters (lactones) is 1. The molecule has 0 amide bonds. The van der Waals surface area contributed by atoms with Crippen molar-refractivity contribution < 1.29 is 28.7 Å². The first-order chi connectivity index (χ1) is 16.3. The van der Waals surface area contributed by atoms with Gasteiger partial charge in [-0.3, -0.25) is 10.1 Å². The average Bonchev–Trinajstić information content (AvgIpc) is 3.20. The molecular formula is C24H15BrN2O7. The monoisotopic (exact) mass is 522 g/mol. The fraction of sp³-hybridized carbons (Fsp3) is 0.0417. The average molecular weight is 523 g/mol. The molecule has 0 aromatic heterocycles.